The summed E-state index contributed by atoms with van der Waals surface area (Å²) in [4.78, 5) is 32.5. The fourth-order valence-electron chi connectivity index (χ4n) is 1.56. The Balaban J connectivity index is 3.23. The first-order chi connectivity index (χ1) is 11.6. The summed E-state index contributed by atoms with van der Waals surface area (Å²) < 4.78 is 9.35. The van der Waals surface area contributed by atoms with E-state index >= 15 is 0 Å². The van der Waals surface area contributed by atoms with Gasteiger partial charge in [0.2, 0.25) is 0 Å². The van der Waals surface area contributed by atoms with Crippen LogP contribution >= 0.6 is 0 Å². The van der Waals surface area contributed by atoms with Gasteiger partial charge in [-0.05, 0) is 6.92 Å². The SMILES string of the molecule is CCOC(=O)COC(=O)CNCCNCCNCCNCC(=O)O. The van der Waals surface area contributed by atoms with Crippen LogP contribution in [-0.2, 0) is 23.9 Å². The lowest BCUT2D eigenvalue weighted by Gasteiger charge is -2.08. The number of carbonyl (C=O) groups excluding carboxylic acids is 2. The molecule has 0 unspecified atom stereocenters. The van der Waals surface area contributed by atoms with Gasteiger partial charge in [-0.2, -0.15) is 0 Å². The minimum Gasteiger partial charge on any atom is -0.480 e. The van der Waals surface area contributed by atoms with Crippen LogP contribution in [0.1, 0.15) is 6.92 Å². The number of carbonyl (C=O) groups is 3. The monoisotopic (exact) mass is 348 g/mol. The smallest absolute Gasteiger partial charge is 0.344 e. The molecule has 0 aromatic carbocycles. The van der Waals surface area contributed by atoms with Crippen molar-refractivity contribution < 1.29 is 29.0 Å². The van der Waals surface area contributed by atoms with Crippen LogP contribution in [0.5, 0.6) is 0 Å². The number of carboxylic acids is 1. The molecule has 140 valence electrons. The predicted octanol–water partition coefficient (Wildman–Crippen LogP) is -2.46. The Morgan fingerprint density at radius 2 is 1.25 bits per heavy atom. The molecular weight excluding hydrogens is 320 g/mol. The molecule has 10 nitrogen and oxygen atoms in total. The van der Waals surface area contributed by atoms with Gasteiger partial charge in [-0.3, -0.25) is 9.59 Å². The van der Waals surface area contributed by atoms with Crippen molar-refractivity contribution in [3.05, 3.63) is 0 Å². The van der Waals surface area contributed by atoms with Gasteiger partial charge < -0.3 is 35.8 Å². The molecule has 0 heterocycles. The van der Waals surface area contributed by atoms with Gasteiger partial charge in [0.1, 0.15) is 0 Å². The fourth-order valence-corrected chi connectivity index (χ4v) is 1.56. The first kappa shape index (κ1) is 22.2. The molecule has 0 aliphatic heterocycles. The van der Waals surface area contributed by atoms with Crippen LogP contribution in [0, 0.1) is 0 Å². The first-order valence-electron chi connectivity index (χ1n) is 7.92. The minimum absolute atomic E-state index is 0.0339. The average molecular weight is 348 g/mol. The second-order valence-electron chi connectivity index (χ2n) is 4.71. The van der Waals surface area contributed by atoms with Crippen molar-refractivity contribution in [3.63, 3.8) is 0 Å². The third-order valence-corrected chi connectivity index (χ3v) is 2.64. The number of carboxylic acid groups (broad SMARTS) is 1. The number of aliphatic carboxylic acids is 1. The molecule has 0 amide bonds. The van der Waals surface area contributed by atoms with Crippen LogP contribution in [0.4, 0.5) is 0 Å². The summed E-state index contributed by atoms with van der Waals surface area (Å²) in [7, 11) is 0. The summed E-state index contributed by atoms with van der Waals surface area (Å²) in [6, 6.07) is 0. The molecule has 0 aromatic heterocycles. The number of esters is 2. The van der Waals surface area contributed by atoms with E-state index in [1.54, 1.807) is 6.92 Å². The van der Waals surface area contributed by atoms with Gasteiger partial charge >= 0.3 is 17.9 Å². The number of hydrogen-bond acceptors (Lipinski definition) is 9. The van der Waals surface area contributed by atoms with Crippen molar-refractivity contribution >= 4 is 17.9 Å². The van der Waals surface area contributed by atoms with Gasteiger partial charge in [0.05, 0.1) is 19.7 Å². The third kappa shape index (κ3) is 16.6. The summed E-state index contributed by atoms with van der Waals surface area (Å²) in [6.07, 6.45) is 0. The van der Waals surface area contributed by atoms with Crippen molar-refractivity contribution in [1.29, 1.82) is 0 Å². The Kier molecular flexibility index (Phi) is 14.9. The highest BCUT2D eigenvalue weighted by Crippen LogP contribution is 1.82. The Morgan fingerprint density at radius 1 is 0.750 bits per heavy atom. The minimum atomic E-state index is -0.867. The summed E-state index contributed by atoms with van der Waals surface area (Å²) in [5, 5.41) is 20.4. The van der Waals surface area contributed by atoms with E-state index in [1.807, 2.05) is 0 Å². The Labute approximate surface area is 141 Å². The molecule has 0 saturated carbocycles. The van der Waals surface area contributed by atoms with E-state index in [-0.39, 0.29) is 26.3 Å². The van der Waals surface area contributed by atoms with Crippen LogP contribution in [0.25, 0.3) is 0 Å². The molecule has 10 heteroatoms. The fraction of sp³-hybridized carbons (Fsp3) is 0.786. The second-order valence-corrected chi connectivity index (χ2v) is 4.71. The molecular formula is C14H28N4O6. The second kappa shape index (κ2) is 16.1. The van der Waals surface area contributed by atoms with Crippen LogP contribution in [0.3, 0.4) is 0 Å². The van der Waals surface area contributed by atoms with Gasteiger partial charge in [-0.25, -0.2) is 4.79 Å². The van der Waals surface area contributed by atoms with Crippen molar-refractivity contribution in [2.24, 2.45) is 0 Å². The topological polar surface area (TPSA) is 138 Å². The van der Waals surface area contributed by atoms with Crippen molar-refractivity contribution in [2.75, 3.05) is 65.6 Å². The van der Waals surface area contributed by atoms with E-state index in [0.29, 0.717) is 26.2 Å². The van der Waals surface area contributed by atoms with E-state index in [1.165, 1.54) is 0 Å². The maximum absolute atomic E-state index is 11.3. The van der Waals surface area contributed by atoms with Crippen LogP contribution in [0.2, 0.25) is 0 Å². The molecule has 0 aliphatic rings. The molecule has 0 rings (SSSR count). The van der Waals surface area contributed by atoms with Gasteiger partial charge in [-0.1, -0.05) is 0 Å². The lowest BCUT2D eigenvalue weighted by molar-refractivity contribution is -0.157. The number of hydrogen-bond donors (Lipinski definition) is 5. The highest BCUT2D eigenvalue weighted by Gasteiger charge is 2.07. The number of rotatable bonds is 16. The molecule has 0 fully saturated rings. The van der Waals surface area contributed by atoms with E-state index in [0.717, 1.165) is 13.1 Å². The summed E-state index contributed by atoms with van der Waals surface area (Å²) in [6.45, 7) is 5.67. The van der Waals surface area contributed by atoms with Crippen LogP contribution in [0.15, 0.2) is 0 Å². The zero-order valence-electron chi connectivity index (χ0n) is 14.1. The van der Waals surface area contributed by atoms with Crippen molar-refractivity contribution in [3.8, 4) is 0 Å². The molecule has 0 spiro atoms. The summed E-state index contributed by atoms with van der Waals surface area (Å²) in [5.41, 5.74) is 0. The standard InChI is InChI=1S/C14H28N4O6/c1-2-23-14(22)11-24-13(21)10-18-8-6-16-4-3-15-5-7-17-9-12(19)20/h15-18H,2-11H2,1H3,(H,19,20). The van der Waals surface area contributed by atoms with Crippen molar-refractivity contribution in [1.82, 2.24) is 21.3 Å². The highest BCUT2D eigenvalue weighted by atomic mass is 16.6. The molecule has 24 heavy (non-hydrogen) atoms. The zero-order valence-corrected chi connectivity index (χ0v) is 14.1. The molecule has 0 bridgehead atoms. The molecule has 0 atom stereocenters. The Morgan fingerprint density at radius 3 is 1.75 bits per heavy atom. The van der Waals surface area contributed by atoms with E-state index < -0.39 is 17.9 Å². The third-order valence-electron chi connectivity index (χ3n) is 2.64. The van der Waals surface area contributed by atoms with Gasteiger partial charge in [-0.15, -0.1) is 0 Å². The average Bonchev–Trinajstić information content (AvgIpc) is 2.54. The van der Waals surface area contributed by atoms with E-state index in [2.05, 4.69) is 26.0 Å². The largest absolute Gasteiger partial charge is 0.480 e. The van der Waals surface area contributed by atoms with Crippen LogP contribution < -0.4 is 21.3 Å². The molecule has 0 aromatic rings. The molecule has 0 saturated heterocycles. The summed E-state index contributed by atoms with van der Waals surface area (Å²) in [5.74, 6) is -1.93. The quantitative estimate of drug-likeness (QED) is 0.151. The summed E-state index contributed by atoms with van der Waals surface area (Å²) >= 11 is 0. The Hall–Kier alpha value is -1.75. The molecule has 0 radical (unpaired) electrons. The lowest BCUT2D eigenvalue weighted by atomic mass is 10.5. The number of ether oxygens (including phenoxy) is 2. The van der Waals surface area contributed by atoms with Crippen molar-refractivity contribution in [2.45, 2.75) is 6.92 Å². The van der Waals surface area contributed by atoms with E-state index in [4.69, 9.17) is 9.84 Å². The van der Waals surface area contributed by atoms with Crippen LogP contribution in [-0.4, -0.2) is 88.6 Å². The van der Waals surface area contributed by atoms with Gasteiger partial charge in [0, 0.05) is 39.3 Å². The lowest BCUT2D eigenvalue weighted by Crippen LogP contribution is -2.37. The maximum atomic E-state index is 11.3. The molecule has 5 N–H and O–H groups in total. The highest BCUT2D eigenvalue weighted by molar-refractivity contribution is 5.77. The number of nitrogens with one attached hydrogen (secondary N) is 4. The van der Waals surface area contributed by atoms with Gasteiger partial charge in [0.15, 0.2) is 6.61 Å². The van der Waals surface area contributed by atoms with E-state index in [9.17, 15) is 14.4 Å². The predicted molar refractivity (Wildman–Crippen MR) is 86.7 cm³/mol. The maximum Gasteiger partial charge on any atom is 0.344 e. The normalized spacial score (nSPS) is 10.4. The zero-order chi connectivity index (χ0) is 18.0. The Bertz CT molecular complexity index is 367. The van der Waals surface area contributed by atoms with Gasteiger partial charge in [0.25, 0.3) is 0 Å². The first-order valence-corrected chi connectivity index (χ1v) is 7.92. The molecule has 0 aliphatic carbocycles.